The fraction of sp³-hybridized carbons (Fsp3) is 0.571. The topological polar surface area (TPSA) is 52.6 Å². The van der Waals surface area contributed by atoms with Gasteiger partial charge in [0.15, 0.2) is 11.5 Å². The molecule has 0 unspecified atom stereocenters. The summed E-state index contributed by atoms with van der Waals surface area (Å²) in [5.41, 5.74) is 0.690. The summed E-state index contributed by atoms with van der Waals surface area (Å²) in [4.78, 5) is 24.7. The van der Waals surface area contributed by atoms with Crippen molar-refractivity contribution in [2.45, 2.75) is 33.5 Å². The van der Waals surface area contributed by atoms with E-state index in [1.54, 1.807) is 21.0 Å². The molecule has 0 radical (unpaired) electrons. The number of carbonyl (C=O) groups is 2. The summed E-state index contributed by atoms with van der Waals surface area (Å²) < 4.78 is 10.5. The second-order valence-electron chi connectivity index (χ2n) is 5.58. The van der Waals surface area contributed by atoms with Crippen LogP contribution in [0.4, 0.5) is 0 Å². The van der Waals surface area contributed by atoms with Gasteiger partial charge in [-0.15, -0.1) is 0 Å². The number of rotatable bonds is 5. The zero-order valence-electron chi connectivity index (χ0n) is 12.5. The minimum Gasteiger partial charge on any atom is -0.489 e. The van der Waals surface area contributed by atoms with Gasteiger partial charge < -0.3 is 9.47 Å². The van der Waals surface area contributed by atoms with Gasteiger partial charge in [0, 0.05) is 12.7 Å². The molecule has 19 heavy (non-hydrogen) atoms. The van der Waals surface area contributed by atoms with E-state index >= 15 is 0 Å². The maximum absolute atomic E-state index is 12.4. The Morgan fingerprint density at radius 1 is 1.16 bits per heavy atom. The van der Waals surface area contributed by atoms with E-state index in [2.05, 4.69) is 19.6 Å². The standard InChI is InChI=1S/C14H22O4Si/c1-7-18-14-9(2)12(15)11(13(14)16)10(8-17-3)19(4,5)6/h7-8H2,1-6H3/b11-10-. The summed E-state index contributed by atoms with van der Waals surface area (Å²) in [6.45, 7) is 10.5. The van der Waals surface area contributed by atoms with Crippen LogP contribution in [0.2, 0.25) is 19.6 Å². The Morgan fingerprint density at radius 3 is 2.16 bits per heavy atom. The fourth-order valence-corrected chi connectivity index (χ4v) is 3.63. The van der Waals surface area contributed by atoms with Gasteiger partial charge in [0.2, 0.25) is 5.78 Å². The minimum absolute atomic E-state index is 0.203. The average molecular weight is 282 g/mol. The molecule has 0 saturated heterocycles. The molecule has 0 bridgehead atoms. The van der Waals surface area contributed by atoms with Crippen molar-refractivity contribution in [3.8, 4) is 0 Å². The zero-order chi connectivity index (χ0) is 14.8. The molecule has 0 heterocycles. The number of hydrogen-bond donors (Lipinski definition) is 0. The van der Waals surface area contributed by atoms with Crippen molar-refractivity contribution in [1.82, 2.24) is 0 Å². The molecule has 0 aromatic carbocycles. The number of Topliss-reactive ketones (excluding diaryl/α,β-unsaturated/α-hetero) is 2. The van der Waals surface area contributed by atoms with E-state index in [0.29, 0.717) is 18.8 Å². The van der Waals surface area contributed by atoms with Crippen LogP contribution in [0.3, 0.4) is 0 Å². The Balaban J connectivity index is 3.36. The van der Waals surface area contributed by atoms with Gasteiger partial charge in [-0.2, -0.15) is 0 Å². The molecule has 1 aliphatic rings. The van der Waals surface area contributed by atoms with Gasteiger partial charge in [-0.3, -0.25) is 9.59 Å². The van der Waals surface area contributed by atoms with Crippen LogP contribution in [0.1, 0.15) is 13.8 Å². The number of ketones is 2. The number of ether oxygens (including phenoxy) is 2. The maximum Gasteiger partial charge on any atom is 0.231 e. The predicted octanol–water partition coefficient (Wildman–Crippen LogP) is 2.27. The van der Waals surface area contributed by atoms with E-state index in [4.69, 9.17) is 9.47 Å². The lowest BCUT2D eigenvalue weighted by Crippen LogP contribution is -2.31. The van der Waals surface area contributed by atoms with Gasteiger partial charge >= 0.3 is 0 Å². The second kappa shape index (κ2) is 5.84. The summed E-state index contributed by atoms with van der Waals surface area (Å²) in [6, 6.07) is 0. The molecule has 0 N–H and O–H groups in total. The Hall–Kier alpha value is -1.20. The molecule has 5 heteroatoms. The Kier molecular flexibility index (Phi) is 4.87. The molecule has 0 amide bonds. The zero-order valence-corrected chi connectivity index (χ0v) is 13.5. The quantitative estimate of drug-likeness (QED) is 0.441. The van der Waals surface area contributed by atoms with Crippen LogP contribution in [0.15, 0.2) is 22.1 Å². The van der Waals surface area contributed by atoms with Crippen LogP contribution < -0.4 is 0 Å². The van der Waals surface area contributed by atoms with Crippen molar-refractivity contribution >= 4 is 19.6 Å². The summed E-state index contributed by atoms with van der Waals surface area (Å²) in [7, 11) is -0.230. The van der Waals surface area contributed by atoms with Crippen LogP contribution >= 0.6 is 0 Å². The lowest BCUT2D eigenvalue weighted by atomic mass is 10.1. The number of allylic oxidation sites excluding steroid dienone is 2. The third-order valence-electron chi connectivity index (χ3n) is 3.13. The summed E-state index contributed by atoms with van der Waals surface area (Å²) in [6.07, 6.45) is 0. The first-order chi connectivity index (χ1) is 8.75. The Labute approximate surface area is 115 Å². The maximum atomic E-state index is 12.4. The molecule has 1 rings (SSSR count). The highest BCUT2D eigenvalue weighted by Gasteiger charge is 2.39. The van der Waals surface area contributed by atoms with E-state index in [0.717, 1.165) is 5.20 Å². The monoisotopic (exact) mass is 282 g/mol. The molecular formula is C14H22O4Si. The number of hydrogen-bond acceptors (Lipinski definition) is 4. The molecule has 4 nitrogen and oxygen atoms in total. The van der Waals surface area contributed by atoms with Gasteiger partial charge in [-0.1, -0.05) is 19.6 Å². The van der Waals surface area contributed by atoms with Crippen molar-refractivity contribution in [3.05, 3.63) is 22.1 Å². The number of carbonyl (C=O) groups excluding carboxylic acids is 2. The van der Waals surface area contributed by atoms with Gasteiger partial charge in [0.1, 0.15) is 0 Å². The van der Waals surface area contributed by atoms with Crippen LogP contribution in [0.5, 0.6) is 0 Å². The normalized spacial score (nSPS) is 19.3. The largest absolute Gasteiger partial charge is 0.489 e. The molecule has 0 saturated carbocycles. The Bertz CT molecular complexity index is 466. The van der Waals surface area contributed by atoms with Gasteiger partial charge in [0.25, 0.3) is 0 Å². The van der Waals surface area contributed by atoms with E-state index in [1.807, 2.05) is 0 Å². The smallest absolute Gasteiger partial charge is 0.231 e. The molecule has 0 aromatic heterocycles. The highest BCUT2D eigenvalue weighted by Crippen LogP contribution is 2.31. The molecule has 0 atom stereocenters. The molecule has 0 aliphatic heterocycles. The van der Waals surface area contributed by atoms with Crippen molar-refractivity contribution in [2.75, 3.05) is 20.3 Å². The average Bonchev–Trinajstić information content (AvgIpc) is 2.50. The SMILES string of the molecule is CCOC1=C(C)C(=O)/C(=C(\COC)[Si](C)(C)C)C1=O. The van der Waals surface area contributed by atoms with E-state index in [1.165, 1.54) is 0 Å². The van der Waals surface area contributed by atoms with Crippen molar-refractivity contribution < 1.29 is 19.1 Å². The van der Waals surface area contributed by atoms with E-state index in [-0.39, 0.29) is 22.9 Å². The van der Waals surface area contributed by atoms with Crippen LogP contribution in [0.25, 0.3) is 0 Å². The second-order valence-corrected chi connectivity index (χ2v) is 10.7. The van der Waals surface area contributed by atoms with Crippen molar-refractivity contribution in [1.29, 1.82) is 0 Å². The number of methoxy groups -OCH3 is 1. The van der Waals surface area contributed by atoms with E-state index in [9.17, 15) is 9.59 Å². The lowest BCUT2D eigenvalue weighted by molar-refractivity contribution is -0.117. The molecule has 106 valence electrons. The molecule has 0 fully saturated rings. The van der Waals surface area contributed by atoms with Gasteiger partial charge in [-0.25, -0.2) is 0 Å². The summed E-state index contributed by atoms with van der Waals surface area (Å²) in [5, 5.41) is 0.860. The van der Waals surface area contributed by atoms with Crippen LogP contribution in [0, 0.1) is 0 Å². The van der Waals surface area contributed by atoms with Crippen molar-refractivity contribution in [3.63, 3.8) is 0 Å². The van der Waals surface area contributed by atoms with Crippen LogP contribution in [-0.4, -0.2) is 40.0 Å². The predicted molar refractivity (Wildman–Crippen MR) is 76.6 cm³/mol. The molecule has 0 spiro atoms. The first kappa shape index (κ1) is 15.9. The first-order valence-electron chi connectivity index (χ1n) is 6.41. The summed E-state index contributed by atoms with van der Waals surface area (Å²) >= 11 is 0. The van der Waals surface area contributed by atoms with Crippen molar-refractivity contribution in [2.24, 2.45) is 0 Å². The third kappa shape index (κ3) is 3.04. The van der Waals surface area contributed by atoms with Crippen LogP contribution in [-0.2, 0) is 19.1 Å². The molecule has 0 aromatic rings. The molecular weight excluding hydrogens is 260 g/mol. The highest BCUT2D eigenvalue weighted by molar-refractivity contribution is 6.84. The molecule has 1 aliphatic carbocycles. The fourth-order valence-electron chi connectivity index (χ4n) is 2.08. The third-order valence-corrected chi connectivity index (χ3v) is 5.33. The minimum atomic E-state index is -1.81. The van der Waals surface area contributed by atoms with E-state index < -0.39 is 8.07 Å². The first-order valence-corrected chi connectivity index (χ1v) is 9.91. The lowest BCUT2D eigenvalue weighted by Gasteiger charge is -2.22. The highest BCUT2D eigenvalue weighted by atomic mass is 28.3. The van der Waals surface area contributed by atoms with Gasteiger partial charge in [0.05, 0.1) is 26.9 Å². The van der Waals surface area contributed by atoms with Gasteiger partial charge in [-0.05, 0) is 19.0 Å². The summed E-state index contributed by atoms with van der Waals surface area (Å²) in [5.74, 6) is -0.281. The Morgan fingerprint density at radius 2 is 1.74 bits per heavy atom.